The van der Waals surface area contributed by atoms with E-state index >= 15 is 0 Å². The maximum Gasteiger partial charge on any atom is 0.291 e. The van der Waals surface area contributed by atoms with Gasteiger partial charge in [0.25, 0.3) is 5.91 Å². The molecule has 160 valence electrons. The van der Waals surface area contributed by atoms with Gasteiger partial charge in [0.15, 0.2) is 5.43 Å². The number of carbonyl (C=O) groups is 1. The highest BCUT2D eigenvalue weighted by atomic mass is 16.5. The van der Waals surface area contributed by atoms with Crippen LogP contribution >= 0.6 is 0 Å². The van der Waals surface area contributed by atoms with Gasteiger partial charge in [-0.05, 0) is 18.2 Å². The molecule has 0 spiro atoms. The molecule has 0 radical (unpaired) electrons. The maximum atomic E-state index is 13.5. The van der Waals surface area contributed by atoms with Gasteiger partial charge in [0.05, 0.1) is 50.4 Å². The fourth-order valence-corrected chi connectivity index (χ4v) is 4.60. The Kier molecular flexibility index (Phi) is 5.21. The number of morpholine rings is 1. The van der Waals surface area contributed by atoms with Gasteiger partial charge in [-0.25, -0.2) is 0 Å². The molecule has 2 aliphatic heterocycles. The third-order valence-corrected chi connectivity index (χ3v) is 6.21. The van der Waals surface area contributed by atoms with Crippen LogP contribution in [0.5, 0.6) is 5.75 Å². The molecule has 1 N–H and O–H groups in total. The average Bonchev–Trinajstić information content (AvgIpc) is 3.10. The standard InChI is InChI=1S/C24H24N2O5/c1-29-18-8-4-2-6-16(18)21-20-22(27)17-7-3-5-9-19(17)31-23(20)24(28)26(21)11-10-25-12-14-30-15-13-25/h2-9,21H,10-15H2,1H3/p+1/t21-/m0/s1. The first-order valence-electron chi connectivity index (χ1n) is 10.6. The van der Waals surface area contributed by atoms with E-state index in [4.69, 9.17) is 13.9 Å². The summed E-state index contributed by atoms with van der Waals surface area (Å²) >= 11 is 0. The summed E-state index contributed by atoms with van der Waals surface area (Å²) in [5.41, 5.74) is 1.45. The minimum absolute atomic E-state index is 0.136. The number of hydrogen-bond donors (Lipinski definition) is 1. The Morgan fingerprint density at radius 3 is 2.61 bits per heavy atom. The summed E-state index contributed by atoms with van der Waals surface area (Å²) in [6.07, 6.45) is 0. The van der Waals surface area contributed by atoms with Crippen molar-refractivity contribution < 1.29 is 23.6 Å². The molecule has 7 nitrogen and oxygen atoms in total. The van der Waals surface area contributed by atoms with Gasteiger partial charge in [-0.3, -0.25) is 9.59 Å². The third kappa shape index (κ3) is 3.40. The van der Waals surface area contributed by atoms with Crippen LogP contribution < -0.4 is 15.1 Å². The lowest BCUT2D eigenvalue weighted by atomic mass is 9.97. The molecular weight excluding hydrogens is 396 g/mol. The number of amides is 1. The van der Waals surface area contributed by atoms with E-state index in [-0.39, 0.29) is 17.1 Å². The van der Waals surface area contributed by atoms with Crippen molar-refractivity contribution in [2.24, 2.45) is 0 Å². The van der Waals surface area contributed by atoms with E-state index in [0.717, 1.165) is 38.4 Å². The average molecular weight is 421 g/mol. The van der Waals surface area contributed by atoms with Crippen molar-refractivity contribution >= 4 is 16.9 Å². The van der Waals surface area contributed by atoms with E-state index in [1.165, 1.54) is 4.90 Å². The first-order valence-corrected chi connectivity index (χ1v) is 10.6. The second-order valence-corrected chi connectivity index (χ2v) is 7.93. The normalized spacial score (nSPS) is 19.1. The Labute approximate surface area is 179 Å². The first-order chi connectivity index (χ1) is 15.2. The molecule has 0 saturated carbocycles. The van der Waals surface area contributed by atoms with Crippen LogP contribution in [0.25, 0.3) is 11.0 Å². The molecule has 1 saturated heterocycles. The molecule has 1 fully saturated rings. The quantitative estimate of drug-likeness (QED) is 0.672. The molecule has 31 heavy (non-hydrogen) atoms. The van der Waals surface area contributed by atoms with Gasteiger partial charge in [-0.2, -0.15) is 0 Å². The smallest absolute Gasteiger partial charge is 0.291 e. The van der Waals surface area contributed by atoms with E-state index in [0.29, 0.717) is 28.8 Å². The van der Waals surface area contributed by atoms with Crippen molar-refractivity contribution in [3.63, 3.8) is 0 Å². The van der Waals surface area contributed by atoms with Crippen LogP contribution in [0.3, 0.4) is 0 Å². The molecule has 2 aromatic carbocycles. The number of nitrogens with zero attached hydrogens (tertiary/aromatic N) is 1. The number of ether oxygens (including phenoxy) is 2. The number of hydrogen-bond acceptors (Lipinski definition) is 5. The van der Waals surface area contributed by atoms with Crippen molar-refractivity contribution in [1.29, 1.82) is 0 Å². The molecule has 1 atom stereocenters. The Hall–Kier alpha value is -3.16. The zero-order valence-electron chi connectivity index (χ0n) is 17.4. The Balaban J connectivity index is 1.62. The zero-order valence-corrected chi connectivity index (χ0v) is 17.4. The van der Waals surface area contributed by atoms with E-state index in [1.54, 1.807) is 36.3 Å². The number of nitrogens with one attached hydrogen (secondary N) is 1. The number of fused-ring (bicyclic) bond motifs is 2. The van der Waals surface area contributed by atoms with Crippen molar-refractivity contribution in [3.05, 3.63) is 75.6 Å². The minimum Gasteiger partial charge on any atom is -0.496 e. The Bertz CT molecular complexity index is 1180. The SMILES string of the molecule is COc1ccccc1[C@H]1c2c(oc3ccccc3c2=O)C(=O)N1CC[NH+]1CCOCC1. The van der Waals surface area contributed by atoms with Crippen molar-refractivity contribution in [2.75, 3.05) is 46.5 Å². The van der Waals surface area contributed by atoms with E-state index in [2.05, 4.69) is 0 Å². The summed E-state index contributed by atoms with van der Waals surface area (Å²) in [4.78, 5) is 30.1. The molecule has 1 aromatic heterocycles. The molecule has 0 bridgehead atoms. The fraction of sp³-hybridized carbons (Fsp3) is 0.333. The number of methoxy groups -OCH3 is 1. The third-order valence-electron chi connectivity index (χ3n) is 6.21. The molecule has 2 aliphatic rings. The van der Waals surface area contributed by atoms with Gasteiger partial charge in [0.2, 0.25) is 5.76 Å². The zero-order chi connectivity index (χ0) is 21.4. The van der Waals surface area contributed by atoms with Gasteiger partial charge in [0, 0.05) is 5.56 Å². The van der Waals surface area contributed by atoms with Crippen LogP contribution in [0.15, 0.2) is 57.7 Å². The molecule has 0 aliphatic carbocycles. The second kappa shape index (κ2) is 8.17. The summed E-state index contributed by atoms with van der Waals surface area (Å²) < 4.78 is 17.0. The van der Waals surface area contributed by atoms with Crippen LogP contribution in [0.1, 0.15) is 27.7 Å². The lowest BCUT2D eigenvalue weighted by molar-refractivity contribution is -0.907. The Morgan fingerprint density at radius 2 is 1.81 bits per heavy atom. The number of benzene rings is 2. The first kappa shape index (κ1) is 19.8. The van der Waals surface area contributed by atoms with Gasteiger partial charge >= 0.3 is 0 Å². The molecule has 7 heteroatoms. The predicted octanol–water partition coefficient (Wildman–Crippen LogP) is 1.26. The van der Waals surface area contributed by atoms with Crippen LogP contribution in [-0.2, 0) is 4.74 Å². The van der Waals surface area contributed by atoms with Crippen LogP contribution in [0.4, 0.5) is 0 Å². The summed E-state index contributed by atoms with van der Waals surface area (Å²) in [6.45, 7) is 4.57. The largest absolute Gasteiger partial charge is 0.496 e. The van der Waals surface area contributed by atoms with Gasteiger partial charge in [0.1, 0.15) is 24.4 Å². The van der Waals surface area contributed by atoms with E-state index in [1.807, 2.05) is 24.3 Å². The van der Waals surface area contributed by atoms with Crippen molar-refractivity contribution in [2.45, 2.75) is 6.04 Å². The van der Waals surface area contributed by atoms with E-state index in [9.17, 15) is 9.59 Å². The molecular formula is C24H25N2O5+. The second-order valence-electron chi connectivity index (χ2n) is 7.93. The van der Waals surface area contributed by atoms with Crippen molar-refractivity contribution in [3.8, 4) is 5.75 Å². The van der Waals surface area contributed by atoms with E-state index < -0.39 is 6.04 Å². The lowest BCUT2D eigenvalue weighted by Gasteiger charge is -2.29. The minimum atomic E-state index is -0.542. The number of quaternary nitrogens is 1. The molecule has 0 unspecified atom stereocenters. The highest BCUT2D eigenvalue weighted by Gasteiger charge is 2.44. The Morgan fingerprint density at radius 1 is 1.06 bits per heavy atom. The maximum absolute atomic E-state index is 13.5. The van der Waals surface area contributed by atoms with Crippen LogP contribution in [0, 0.1) is 0 Å². The topological polar surface area (TPSA) is 73.4 Å². The highest BCUT2D eigenvalue weighted by molar-refractivity contribution is 5.99. The van der Waals surface area contributed by atoms with Gasteiger partial charge in [-0.15, -0.1) is 0 Å². The number of carbonyl (C=O) groups excluding carboxylic acids is 1. The predicted molar refractivity (Wildman–Crippen MR) is 115 cm³/mol. The number of para-hydroxylation sites is 2. The lowest BCUT2D eigenvalue weighted by Crippen LogP contribution is -3.14. The summed E-state index contributed by atoms with van der Waals surface area (Å²) in [7, 11) is 1.60. The van der Waals surface area contributed by atoms with Gasteiger partial charge < -0.3 is 23.7 Å². The van der Waals surface area contributed by atoms with Crippen LogP contribution in [-0.4, -0.2) is 57.3 Å². The molecule has 5 rings (SSSR count). The van der Waals surface area contributed by atoms with Crippen LogP contribution in [0.2, 0.25) is 0 Å². The summed E-state index contributed by atoms with van der Waals surface area (Å²) in [6, 6.07) is 14.1. The van der Waals surface area contributed by atoms with Crippen molar-refractivity contribution in [1.82, 2.24) is 4.90 Å². The monoisotopic (exact) mass is 421 g/mol. The molecule has 3 heterocycles. The highest BCUT2D eigenvalue weighted by Crippen LogP contribution is 2.41. The number of rotatable bonds is 5. The molecule has 1 amide bonds. The summed E-state index contributed by atoms with van der Waals surface area (Å²) in [5.74, 6) is 0.530. The summed E-state index contributed by atoms with van der Waals surface area (Å²) in [5, 5.41) is 0.481. The fourth-order valence-electron chi connectivity index (χ4n) is 4.60. The molecule has 3 aromatic rings. The van der Waals surface area contributed by atoms with Gasteiger partial charge in [-0.1, -0.05) is 30.3 Å².